The molecule has 2 aromatic carbocycles. The summed E-state index contributed by atoms with van der Waals surface area (Å²) in [4.78, 5) is 10.4. The molecular weight excluding hydrogens is 247 g/mol. The van der Waals surface area contributed by atoms with Crippen LogP contribution in [0, 0.1) is 5.82 Å². The third-order valence-electron chi connectivity index (χ3n) is 2.83. The van der Waals surface area contributed by atoms with Crippen molar-refractivity contribution in [1.29, 1.82) is 0 Å². The Morgan fingerprint density at radius 2 is 2.05 bits per heavy atom. The van der Waals surface area contributed by atoms with Gasteiger partial charge in [0.15, 0.2) is 5.75 Å². The second kappa shape index (κ2) is 4.53. The molecule has 4 nitrogen and oxygen atoms in total. The van der Waals surface area contributed by atoms with Crippen LogP contribution >= 0.6 is 0 Å². The number of fused-ring (bicyclic) bond motifs is 1. The largest absolute Gasteiger partial charge is 0.426 e. The van der Waals surface area contributed by atoms with Crippen molar-refractivity contribution >= 4 is 17.4 Å². The molecule has 0 unspecified atom stereocenters. The third kappa shape index (κ3) is 1.95. The van der Waals surface area contributed by atoms with Gasteiger partial charge in [-0.05, 0) is 18.2 Å². The summed E-state index contributed by atoms with van der Waals surface area (Å²) in [6.07, 6.45) is 0. The highest BCUT2D eigenvalue weighted by molar-refractivity contribution is 5.96. The highest BCUT2D eigenvalue weighted by atomic mass is 19.1. The molecule has 0 radical (unpaired) electrons. The van der Waals surface area contributed by atoms with E-state index in [1.807, 2.05) is 6.07 Å². The highest BCUT2D eigenvalue weighted by Crippen LogP contribution is 2.31. The van der Waals surface area contributed by atoms with Gasteiger partial charge in [-0.15, -0.1) is 0 Å². The number of nitrogens with one attached hydrogen (secondary N) is 1. The summed E-state index contributed by atoms with van der Waals surface area (Å²) in [5, 5.41) is 7.73. The molecule has 0 aliphatic rings. The van der Waals surface area contributed by atoms with Crippen LogP contribution in [0.3, 0.4) is 0 Å². The molecule has 0 saturated carbocycles. The van der Waals surface area contributed by atoms with Gasteiger partial charge in [0.05, 0.1) is 0 Å². The Morgan fingerprint density at radius 3 is 2.84 bits per heavy atom. The average molecular weight is 256 g/mol. The van der Waals surface area contributed by atoms with Gasteiger partial charge in [-0.1, -0.05) is 24.3 Å². The fourth-order valence-electron chi connectivity index (χ4n) is 2.02. The Kier molecular flexibility index (Phi) is 2.72. The van der Waals surface area contributed by atoms with E-state index in [2.05, 4.69) is 10.2 Å². The number of aromatic amines is 1. The van der Waals surface area contributed by atoms with Gasteiger partial charge < -0.3 is 4.74 Å². The van der Waals surface area contributed by atoms with Gasteiger partial charge >= 0.3 is 0 Å². The Balaban J connectivity index is 2.21. The third-order valence-corrected chi connectivity index (χ3v) is 2.83. The number of benzene rings is 2. The van der Waals surface area contributed by atoms with Crippen LogP contribution in [0.4, 0.5) is 4.39 Å². The number of carbonyl (C=O) groups is 1. The van der Waals surface area contributed by atoms with Crippen molar-refractivity contribution in [3.8, 4) is 17.0 Å². The zero-order valence-electron chi connectivity index (χ0n) is 9.76. The number of para-hydroxylation sites is 1. The molecule has 0 fully saturated rings. The van der Waals surface area contributed by atoms with Crippen LogP contribution in [0.15, 0.2) is 42.5 Å². The van der Waals surface area contributed by atoms with E-state index in [1.54, 1.807) is 24.3 Å². The molecule has 94 valence electrons. The lowest BCUT2D eigenvalue weighted by Crippen LogP contribution is -1.89. The van der Waals surface area contributed by atoms with Crippen molar-refractivity contribution < 1.29 is 13.9 Å². The molecule has 19 heavy (non-hydrogen) atoms. The molecule has 0 bridgehead atoms. The number of ether oxygens (including phenoxy) is 1. The minimum absolute atomic E-state index is 0.325. The smallest absolute Gasteiger partial charge is 0.298 e. The van der Waals surface area contributed by atoms with Crippen LogP contribution in [0.1, 0.15) is 0 Å². The minimum Gasteiger partial charge on any atom is -0.426 e. The predicted octanol–water partition coefficient (Wildman–Crippen LogP) is 2.90. The summed E-state index contributed by atoms with van der Waals surface area (Å²) in [5.74, 6) is 0.0663. The number of nitrogens with zero attached hydrogens (tertiary/aromatic N) is 1. The van der Waals surface area contributed by atoms with Crippen LogP contribution in [-0.2, 0) is 4.79 Å². The van der Waals surface area contributed by atoms with E-state index < -0.39 is 0 Å². The molecule has 0 aliphatic heterocycles. The van der Waals surface area contributed by atoms with E-state index in [-0.39, 0.29) is 5.82 Å². The minimum atomic E-state index is -0.325. The number of H-pyrrole nitrogens is 1. The molecule has 1 N–H and O–H groups in total. The predicted molar refractivity (Wildman–Crippen MR) is 68.2 cm³/mol. The Hall–Kier alpha value is -2.69. The van der Waals surface area contributed by atoms with E-state index in [1.165, 1.54) is 12.1 Å². The first kappa shape index (κ1) is 11.4. The molecule has 5 heteroatoms. The number of hydrogen-bond donors (Lipinski definition) is 1. The molecule has 3 aromatic rings. The molecule has 1 aromatic heterocycles. The summed E-state index contributed by atoms with van der Waals surface area (Å²) in [7, 11) is 0. The zero-order valence-corrected chi connectivity index (χ0v) is 9.76. The summed E-state index contributed by atoms with van der Waals surface area (Å²) >= 11 is 0. The first-order valence-electron chi connectivity index (χ1n) is 5.63. The quantitative estimate of drug-likeness (QED) is 0.733. The lowest BCUT2D eigenvalue weighted by Gasteiger charge is -2.00. The topological polar surface area (TPSA) is 55.0 Å². The Labute approximate surface area is 107 Å². The highest BCUT2D eigenvalue weighted by Gasteiger charge is 2.11. The van der Waals surface area contributed by atoms with Crippen LogP contribution in [0.25, 0.3) is 22.2 Å². The van der Waals surface area contributed by atoms with Crippen molar-refractivity contribution in [1.82, 2.24) is 10.2 Å². The van der Waals surface area contributed by atoms with Gasteiger partial charge in [-0.2, -0.15) is 5.10 Å². The number of rotatable bonds is 3. The number of carbonyl (C=O) groups excluding carboxylic acids is 1. The van der Waals surface area contributed by atoms with Crippen molar-refractivity contribution in [2.24, 2.45) is 0 Å². The van der Waals surface area contributed by atoms with E-state index in [0.29, 0.717) is 29.0 Å². The van der Waals surface area contributed by atoms with Crippen molar-refractivity contribution in [3.63, 3.8) is 0 Å². The van der Waals surface area contributed by atoms with Gasteiger partial charge in [0.25, 0.3) is 6.47 Å². The maximum absolute atomic E-state index is 13.3. The SMILES string of the molecule is O=COc1cccc2c(-c3cccc(F)c3)n[nH]c12. The molecule has 0 saturated heterocycles. The summed E-state index contributed by atoms with van der Waals surface area (Å²) in [6, 6.07) is 11.4. The van der Waals surface area contributed by atoms with Crippen LogP contribution in [0.2, 0.25) is 0 Å². The first-order chi connectivity index (χ1) is 9.29. The lowest BCUT2D eigenvalue weighted by molar-refractivity contribution is -0.120. The lowest BCUT2D eigenvalue weighted by atomic mass is 10.1. The maximum atomic E-state index is 13.3. The molecular formula is C14H9FN2O2. The van der Waals surface area contributed by atoms with Crippen LogP contribution < -0.4 is 4.74 Å². The number of hydrogen-bond acceptors (Lipinski definition) is 3. The number of aromatic nitrogens is 2. The summed E-state index contributed by atoms with van der Waals surface area (Å²) in [6.45, 7) is 0.359. The van der Waals surface area contributed by atoms with Crippen molar-refractivity contribution in [2.45, 2.75) is 0 Å². The van der Waals surface area contributed by atoms with E-state index in [0.717, 1.165) is 5.39 Å². The molecule has 0 amide bonds. The van der Waals surface area contributed by atoms with Gasteiger partial charge in [0.1, 0.15) is 17.0 Å². The number of halogens is 1. The summed E-state index contributed by atoms with van der Waals surface area (Å²) in [5.41, 5.74) is 1.88. The second-order valence-electron chi connectivity index (χ2n) is 3.98. The van der Waals surface area contributed by atoms with Gasteiger partial charge in [-0.3, -0.25) is 9.89 Å². The van der Waals surface area contributed by atoms with Crippen LogP contribution in [-0.4, -0.2) is 16.7 Å². The monoisotopic (exact) mass is 256 g/mol. The average Bonchev–Trinajstić information content (AvgIpc) is 2.84. The van der Waals surface area contributed by atoms with E-state index in [4.69, 9.17) is 4.74 Å². The van der Waals surface area contributed by atoms with Gasteiger partial charge in [-0.25, -0.2) is 4.39 Å². The van der Waals surface area contributed by atoms with E-state index in [9.17, 15) is 9.18 Å². The Morgan fingerprint density at radius 1 is 1.21 bits per heavy atom. The van der Waals surface area contributed by atoms with Crippen molar-refractivity contribution in [2.75, 3.05) is 0 Å². The van der Waals surface area contributed by atoms with Gasteiger partial charge in [0, 0.05) is 10.9 Å². The Bertz CT molecular complexity index is 752. The maximum Gasteiger partial charge on any atom is 0.298 e. The van der Waals surface area contributed by atoms with E-state index >= 15 is 0 Å². The normalized spacial score (nSPS) is 10.6. The molecule has 3 rings (SSSR count). The first-order valence-corrected chi connectivity index (χ1v) is 5.63. The second-order valence-corrected chi connectivity index (χ2v) is 3.98. The molecule has 0 spiro atoms. The molecule has 0 aliphatic carbocycles. The zero-order chi connectivity index (χ0) is 13.2. The molecule has 1 heterocycles. The van der Waals surface area contributed by atoms with Crippen LogP contribution in [0.5, 0.6) is 5.75 Å². The standard InChI is InChI=1S/C14H9FN2O2/c15-10-4-1-3-9(7-10)13-11-5-2-6-12(19-8-18)14(11)17-16-13/h1-8H,(H,16,17). The fourth-order valence-corrected chi connectivity index (χ4v) is 2.02. The molecule has 0 atom stereocenters. The van der Waals surface area contributed by atoms with Gasteiger partial charge in [0.2, 0.25) is 0 Å². The fraction of sp³-hybridized carbons (Fsp3) is 0. The van der Waals surface area contributed by atoms with Crippen molar-refractivity contribution in [3.05, 3.63) is 48.3 Å². The summed E-state index contributed by atoms with van der Waals surface area (Å²) < 4.78 is 18.1.